The molecule has 0 amide bonds. The van der Waals surface area contributed by atoms with E-state index in [2.05, 4.69) is 53.9 Å². The van der Waals surface area contributed by atoms with Crippen molar-refractivity contribution in [3.63, 3.8) is 0 Å². The number of hydrogen-bond donors (Lipinski definition) is 1. The summed E-state index contributed by atoms with van der Waals surface area (Å²) < 4.78 is 2.49. The molecule has 106 valence electrons. The van der Waals surface area contributed by atoms with Gasteiger partial charge in [-0.2, -0.15) is 5.10 Å². The summed E-state index contributed by atoms with van der Waals surface area (Å²) in [5.74, 6) is -0.882. The monoisotopic (exact) mass is 336 g/mol. The Bertz CT molecular complexity index is 690. The average Bonchev–Trinajstić information content (AvgIpc) is 2.59. The van der Waals surface area contributed by atoms with E-state index in [0.717, 1.165) is 21.3 Å². The lowest BCUT2D eigenvalue weighted by Gasteiger charge is -2.11. The van der Waals surface area contributed by atoms with Crippen LogP contribution in [0, 0.1) is 20.8 Å². The highest BCUT2D eigenvalue weighted by atomic mass is 79.9. The average molecular weight is 337 g/mol. The number of carbonyl (C=O) groups is 1. The minimum atomic E-state index is -0.882. The van der Waals surface area contributed by atoms with Gasteiger partial charge in [-0.15, -0.1) is 0 Å². The largest absolute Gasteiger partial charge is 0.481 e. The van der Waals surface area contributed by atoms with Gasteiger partial charge in [-0.05, 0) is 59.5 Å². The molecule has 0 aliphatic heterocycles. The maximum atomic E-state index is 10.9. The first-order valence-electron chi connectivity index (χ1n) is 6.32. The molecule has 0 aliphatic carbocycles. The maximum absolute atomic E-state index is 10.9. The summed E-state index contributed by atoms with van der Waals surface area (Å²) in [7, 11) is 1.83. The number of hydrogen-bond acceptors (Lipinski definition) is 2. The fourth-order valence-electron chi connectivity index (χ4n) is 2.32. The summed E-state index contributed by atoms with van der Waals surface area (Å²) in [5.41, 5.74) is 6.15. The van der Waals surface area contributed by atoms with Gasteiger partial charge in [0.2, 0.25) is 0 Å². The molecule has 0 unspecified atom stereocenters. The Balaban J connectivity index is 2.61. The Kier molecular flexibility index (Phi) is 3.99. The zero-order valence-corrected chi connectivity index (χ0v) is 13.6. The molecule has 1 heterocycles. The van der Waals surface area contributed by atoms with Crippen molar-refractivity contribution in [3.05, 3.63) is 39.0 Å². The number of rotatable bonds is 3. The zero-order valence-electron chi connectivity index (χ0n) is 12.0. The molecular weight excluding hydrogens is 320 g/mol. The molecule has 0 radical (unpaired) electrons. The van der Waals surface area contributed by atoms with Crippen LogP contribution in [0.15, 0.2) is 16.6 Å². The van der Waals surface area contributed by atoms with Crippen LogP contribution in [0.3, 0.4) is 0 Å². The van der Waals surface area contributed by atoms with E-state index in [4.69, 9.17) is 5.11 Å². The van der Waals surface area contributed by atoms with Gasteiger partial charge in [-0.1, -0.05) is 6.07 Å². The lowest BCUT2D eigenvalue weighted by molar-refractivity contribution is -0.136. The molecule has 1 aromatic heterocycles. The van der Waals surface area contributed by atoms with E-state index >= 15 is 0 Å². The summed E-state index contributed by atoms with van der Waals surface area (Å²) in [5, 5.41) is 13.2. The van der Waals surface area contributed by atoms with E-state index in [9.17, 15) is 4.79 Å². The summed E-state index contributed by atoms with van der Waals surface area (Å²) >= 11 is 3.50. The second-order valence-electron chi connectivity index (χ2n) is 5.05. The zero-order chi connectivity index (χ0) is 15.0. The normalized spacial score (nSPS) is 10.8. The Morgan fingerprint density at radius 1 is 1.25 bits per heavy atom. The molecule has 20 heavy (non-hydrogen) atoms. The summed E-state index contributed by atoms with van der Waals surface area (Å²) in [6.45, 7) is 6.21. The van der Waals surface area contributed by atoms with Gasteiger partial charge >= 0.3 is 5.97 Å². The molecule has 0 fully saturated rings. The molecule has 0 aliphatic rings. The molecular formula is C15H17BrN2O2. The van der Waals surface area contributed by atoms with E-state index in [1.54, 1.807) is 4.68 Å². The van der Waals surface area contributed by atoms with Crippen LogP contribution in [0.25, 0.3) is 11.3 Å². The summed E-state index contributed by atoms with van der Waals surface area (Å²) in [6, 6.07) is 4.26. The highest BCUT2D eigenvalue weighted by Crippen LogP contribution is 2.34. The first kappa shape index (κ1) is 14.8. The van der Waals surface area contributed by atoms with E-state index in [1.165, 1.54) is 11.1 Å². The molecule has 0 spiro atoms. The molecule has 2 rings (SSSR count). The van der Waals surface area contributed by atoms with Crippen LogP contribution in [0.1, 0.15) is 22.4 Å². The van der Waals surface area contributed by atoms with Crippen LogP contribution in [0.2, 0.25) is 0 Å². The van der Waals surface area contributed by atoms with Crippen LogP contribution in [-0.2, 0) is 18.3 Å². The smallest absolute Gasteiger partial charge is 0.309 e. The topological polar surface area (TPSA) is 55.1 Å². The van der Waals surface area contributed by atoms with Crippen molar-refractivity contribution in [2.24, 2.45) is 7.05 Å². The van der Waals surface area contributed by atoms with E-state index in [1.807, 2.05) is 7.05 Å². The predicted molar refractivity (Wildman–Crippen MR) is 81.9 cm³/mol. The van der Waals surface area contributed by atoms with E-state index in [-0.39, 0.29) is 6.42 Å². The number of aryl methyl sites for hydroxylation is 4. The van der Waals surface area contributed by atoms with Gasteiger partial charge in [0.1, 0.15) is 0 Å². The minimum absolute atomic E-state index is 0.0850. The van der Waals surface area contributed by atoms with Gasteiger partial charge in [0.15, 0.2) is 0 Å². The van der Waals surface area contributed by atoms with Gasteiger partial charge in [-0.25, -0.2) is 0 Å². The number of carboxylic acids is 1. The number of aromatic nitrogens is 2. The molecule has 1 N–H and O–H groups in total. The van der Waals surface area contributed by atoms with E-state index < -0.39 is 5.97 Å². The predicted octanol–water partition coefficient (Wildman–Crippen LogP) is 3.40. The molecule has 0 saturated carbocycles. The van der Waals surface area contributed by atoms with Crippen LogP contribution >= 0.6 is 15.9 Å². The van der Waals surface area contributed by atoms with Crippen molar-refractivity contribution >= 4 is 21.9 Å². The van der Waals surface area contributed by atoms with Gasteiger partial charge < -0.3 is 5.11 Å². The second kappa shape index (κ2) is 5.40. The molecule has 0 atom stereocenters. The third-order valence-corrected chi connectivity index (χ3v) is 4.30. The molecule has 1 aromatic carbocycles. The van der Waals surface area contributed by atoms with Crippen LogP contribution in [0.5, 0.6) is 0 Å². The molecule has 2 aromatic rings. The Hall–Kier alpha value is -1.62. The second-order valence-corrected chi connectivity index (χ2v) is 5.85. The lowest BCUT2D eigenvalue weighted by atomic mass is 9.98. The fourth-order valence-corrected chi connectivity index (χ4v) is 3.01. The number of carboxylic acid groups (broad SMARTS) is 1. The SMILES string of the molecule is Cc1cc(C)c(-c2c(Br)c(CC(=O)O)nn2C)cc1C. The summed E-state index contributed by atoms with van der Waals surface area (Å²) in [6.07, 6.45) is -0.0850. The first-order chi connectivity index (χ1) is 9.31. The Morgan fingerprint density at radius 2 is 1.85 bits per heavy atom. The highest BCUT2D eigenvalue weighted by Gasteiger charge is 2.19. The van der Waals surface area contributed by atoms with E-state index in [0.29, 0.717) is 5.69 Å². The first-order valence-corrected chi connectivity index (χ1v) is 7.12. The standard InChI is InChI=1S/C15H17BrN2O2/c1-8-5-10(3)11(6-9(8)2)15-14(16)12(7-13(19)20)17-18(15)4/h5-6H,7H2,1-4H3,(H,19,20). The van der Waals surface area contributed by atoms with Gasteiger partial charge in [0.25, 0.3) is 0 Å². The Morgan fingerprint density at radius 3 is 2.45 bits per heavy atom. The molecule has 4 nitrogen and oxygen atoms in total. The minimum Gasteiger partial charge on any atom is -0.481 e. The fraction of sp³-hybridized carbons (Fsp3) is 0.333. The Labute approximate surface area is 126 Å². The van der Waals surface area contributed by atoms with Gasteiger partial charge in [-0.3, -0.25) is 9.48 Å². The van der Waals surface area contributed by atoms with Crippen molar-refractivity contribution < 1.29 is 9.90 Å². The van der Waals surface area contributed by atoms with Crippen LogP contribution < -0.4 is 0 Å². The quantitative estimate of drug-likeness (QED) is 0.934. The highest BCUT2D eigenvalue weighted by molar-refractivity contribution is 9.10. The van der Waals surface area contributed by atoms with Gasteiger partial charge in [0, 0.05) is 12.6 Å². The third-order valence-electron chi connectivity index (χ3n) is 3.47. The number of aliphatic carboxylic acids is 1. The third kappa shape index (κ3) is 2.63. The molecule has 5 heteroatoms. The summed E-state index contributed by atoms with van der Waals surface area (Å²) in [4.78, 5) is 10.9. The maximum Gasteiger partial charge on any atom is 0.309 e. The number of benzene rings is 1. The van der Waals surface area contributed by atoms with Crippen molar-refractivity contribution in [1.29, 1.82) is 0 Å². The van der Waals surface area contributed by atoms with Crippen LogP contribution in [0.4, 0.5) is 0 Å². The van der Waals surface area contributed by atoms with Gasteiger partial charge in [0.05, 0.1) is 22.3 Å². The molecule has 0 bridgehead atoms. The van der Waals surface area contributed by atoms with Crippen molar-refractivity contribution in [2.45, 2.75) is 27.2 Å². The molecule has 0 saturated heterocycles. The number of nitrogens with zero attached hydrogens (tertiary/aromatic N) is 2. The van der Waals surface area contributed by atoms with Crippen molar-refractivity contribution in [3.8, 4) is 11.3 Å². The van der Waals surface area contributed by atoms with Crippen molar-refractivity contribution in [2.75, 3.05) is 0 Å². The van der Waals surface area contributed by atoms with Crippen LogP contribution in [-0.4, -0.2) is 20.9 Å². The van der Waals surface area contributed by atoms with Crippen molar-refractivity contribution in [1.82, 2.24) is 9.78 Å². The lowest BCUT2D eigenvalue weighted by Crippen LogP contribution is -2.02. The number of halogens is 1.